The number of aryl methyl sites for hydroxylation is 1. The van der Waals surface area contributed by atoms with Crippen molar-refractivity contribution in [2.75, 3.05) is 0 Å². The fraction of sp³-hybridized carbons (Fsp3) is 0.500. The van der Waals surface area contributed by atoms with Gasteiger partial charge in [0, 0.05) is 28.4 Å². The molecule has 1 N–H and O–H groups in total. The molecule has 0 aliphatic rings. The highest BCUT2D eigenvalue weighted by Gasteiger charge is 2.26. The molecule has 1 unspecified atom stereocenters. The first-order valence-corrected chi connectivity index (χ1v) is 7.03. The molecule has 0 aliphatic heterocycles. The summed E-state index contributed by atoms with van der Waals surface area (Å²) in [5, 5.41) is 15.1. The Kier molecular flexibility index (Phi) is 3.59. The smallest absolute Gasteiger partial charge is 0.102 e. The van der Waals surface area contributed by atoms with Crippen LogP contribution in [0, 0.1) is 6.92 Å². The summed E-state index contributed by atoms with van der Waals surface area (Å²) < 4.78 is 1.92. The van der Waals surface area contributed by atoms with Crippen molar-refractivity contribution in [2.45, 2.75) is 45.8 Å². The Labute approximate surface area is 112 Å². The van der Waals surface area contributed by atoms with Crippen molar-refractivity contribution < 1.29 is 5.11 Å². The first-order chi connectivity index (χ1) is 8.38. The average molecular weight is 264 g/mol. The van der Waals surface area contributed by atoms with Crippen LogP contribution in [0.1, 0.15) is 42.3 Å². The molecule has 2 rings (SSSR count). The Hall–Kier alpha value is -1.13. The number of rotatable bonds is 4. The zero-order chi connectivity index (χ0) is 13.3. The first kappa shape index (κ1) is 13.3. The van der Waals surface area contributed by atoms with E-state index in [0.29, 0.717) is 12.5 Å². The van der Waals surface area contributed by atoms with Crippen LogP contribution in [0.3, 0.4) is 0 Å². The SMILES string of the molecule is Cc1ccc(C(C)(O)Cc2ccn(C(C)C)n2)s1. The van der Waals surface area contributed by atoms with Gasteiger partial charge in [-0.2, -0.15) is 5.10 Å². The van der Waals surface area contributed by atoms with Gasteiger partial charge >= 0.3 is 0 Å². The largest absolute Gasteiger partial charge is 0.384 e. The number of aromatic nitrogens is 2. The van der Waals surface area contributed by atoms with Gasteiger partial charge < -0.3 is 5.11 Å². The summed E-state index contributed by atoms with van der Waals surface area (Å²) in [6.07, 6.45) is 2.52. The molecule has 1 atom stereocenters. The monoisotopic (exact) mass is 264 g/mol. The van der Waals surface area contributed by atoms with E-state index in [-0.39, 0.29) is 0 Å². The van der Waals surface area contributed by atoms with Crippen molar-refractivity contribution in [1.29, 1.82) is 0 Å². The van der Waals surface area contributed by atoms with Crippen LogP contribution in [0.25, 0.3) is 0 Å². The topological polar surface area (TPSA) is 38.0 Å². The van der Waals surface area contributed by atoms with Crippen LogP contribution in [0.15, 0.2) is 24.4 Å². The molecule has 0 bridgehead atoms. The van der Waals surface area contributed by atoms with Gasteiger partial charge in [-0.15, -0.1) is 11.3 Å². The van der Waals surface area contributed by atoms with Crippen molar-refractivity contribution >= 4 is 11.3 Å². The van der Waals surface area contributed by atoms with E-state index in [0.717, 1.165) is 10.6 Å². The Balaban J connectivity index is 2.16. The average Bonchev–Trinajstić information content (AvgIpc) is 2.86. The minimum absolute atomic E-state index is 0.354. The summed E-state index contributed by atoms with van der Waals surface area (Å²) in [7, 11) is 0. The molecule has 2 heterocycles. The van der Waals surface area contributed by atoms with Crippen LogP contribution in [-0.2, 0) is 12.0 Å². The van der Waals surface area contributed by atoms with E-state index in [4.69, 9.17) is 0 Å². The van der Waals surface area contributed by atoms with E-state index in [1.165, 1.54) is 4.88 Å². The number of aliphatic hydroxyl groups is 1. The number of hydrogen-bond acceptors (Lipinski definition) is 3. The molecule has 98 valence electrons. The fourth-order valence-corrected chi connectivity index (χ4v) is 2.83. The zero-order valence-electron chi connectivity index (χ0n) is 11.3. The molecule has 4 heteroatoms. The van der Waals surface area contributed by atoms with Gasteiger partial charge in [-0.05, 0) is 45.9 Å². The molecule has 3 nitrogen and oxygen atoms in total. The third-order valence-corrected chi connectivity index (χ3v) is 4.24. The van der Waals surface area contributed by atoms with Gasteiger partial charge in [-0.1, -0.05) is 0 Å². The van der Waals surface area contributed by atoms with Crippen molar-refractivity contribution in [2.24, 2.45) is 0 Å². The molecule has 2 aromatic rings. The third-order valence-electron chi connectivity index (χ3n) is 2.99. The highest BCUT2D eigenvalue weighted by atomic mass is 32.1. The Bertz CT molecular complexity index is 525. The lowest BCUT2D eigenvalue weighted by Gasteiger charge is -2.20. The minimum atomic E-state index is -0.838. The first-order valence-electron chi connectivity index (χ1n) is 6.22. The van der Waals surface area contributed by atoms with E-state index < -0.39 is 5.60 Å². The van der Waals surface area contributed by atoms with E-state index >= 15 is 0 Å². The fourth-order valence-electron chi connectivity index (χ4n) is 1.92. The molecule has 0 aliphatic carbocycles. The summed E-state index contributed by atoms with van der Waals surface area (Å²) >= 11 is 1.64. The van der Waals surface area contributed by atoms with Crippen molar-refractivity contribution in [3.63, 3.8) is 0 Å². The molecule has 0 saturated heterocycles. The summed E-state index contributed by atoms with van der Waals surface area (Å²) in [6, 6.07) is 6.38. The lowest BCUT2D eigenvalue weighted by molar-refractivity contribution is 0.0602. The molecular formula is C14H20N2OS. The molecule has 0 spiro atoms. The van der Waals surface area contributed by atoms with Crippen molar-refractivity contribution in [3.05, 3.63) is 39.8 Å². The van der Waals surface area contributed by atoms with Gasteiger partial charge in [0.2, 0.25) is 0 Å². The predicted octanol–water partition coefficient (Wildman–Crippen LogP) is 3.28. The van der Waals surface area contributed by atoms with E-state index in [1.807, 2.05) is 36.0 Å². The third kappa shape index (κ3) is 2.82. The summed E-state index contributed by atoms with van der Waals surface area (Å²) in [5.74, 6) is 0. The van der Waals surface area contributed by atoms with Crippen LogP contribution < -0.4 is 0 Å². The molecule has 0 aromatic carbocycles. The quantitative estimate of drug-likeness (QED) is 0.920. The summed E-state index contributed by atoms with van der Waals surface area (Å²) in [5.41, 5.74) is 0.0921. The van der Waals surface area contributed by atoms with E-state index in [9.17, 15) is 5.11 Å². The van der Waals surface area contributed by atoms with Gasteiger partial charge in [0.1, 0.15) is 5.60 Å². The van der Waals surface area contributed by atoms with Gasteiger partial charge in [-0.3, -0.25) is 4.68 Å². The second-order valence-electron chi connectivity index (χ2n) is 5.24. The zero-order valence-corrected chi connectivity index (χ0v) is 12.2. The molecule has 0 radical (unpaired) electrons. The van der Waals surface area contributed by atoms with Gasteiger partial charge in [0.15, 0.2) is 0 Å². The van der Waals surface area contributed by atoms with Gasteiger partial charge in [-0.25, -0.2) is 0 Å². The van der Waals surface area contributed by atoms with Crippen LogP contribution in [0.4, 0.5) is 0 Å². The molecule has 0 saturated carbocycles. The van der Waals surface area contributed by atoms with Crippen LogP contribution >= 0.6 is 11.3 Å². The minimum Gasteiger partial charge on any atom is -0.384 e. The predicted molar refractivity (Wildman–Crippen MR) is 74.9 cm³/mol. The maximum atomic E-state index is 10.6. The van der Waals surface area contributed by atoms with Crippen molar-refractivity contribution in [1.82, 2.24) is 9.78 Å². The number of thiophene rings is 1. The van der Waals surface area contributed by atoms with E-state index in [2.05, 4.69) is 25.9 Å². The lowest BCUT2D eigenvalue weighted by atomic mass is 9.98. The lowest BCUT2D eigenvalue weighted by Crippen LogP contribution is -2.23. The maximum absolute atomic E-state index is 10.6. The molecule has 2 aromatic heterocycles. The van der Waals surface area contributed by atoms with Crippen LogP contribution in [0.2, 0.25) is 0 Å². The Morgan fingerprint density at radius 1 is 1.39 bits per heavy atom. The standard InChI is InChI=1S/C14H20N2OS/c1-10(2)16-8-7-12(15-16)9-14(4,17)13-6-5-11(3)18-13/h5-8,10,17H,9H2,1-4H3. The summed E-state index contributed by atoms with van der Waals surface area (Å²) in [6.45, 7) is 8.10. The number of nitrogens with zero attached hydrogens (tertiary/aromatic N) is 2. The van der Waals surface area contributed by atoms with Gasteiger partial charge in [0.05, 0.1) is 5.69 Å². The van der Waals surface area contributed by atoms with E-state index in [1.54, 1.807) is 11.3 Å². The molecule has 18 heavy (non-hydrogen) atoms. The molecule has 0 fully saturated rings. The highest BCUT2D eigenvalue weighted by molar-refractivity contribution is 7.12. The Morgan fingerprint density at radius 3 is 2.61 bits per heavy atom. The number of hydrogen-bond donors (Lipinski definition) is 1. The van der Waals surface area contributed by atoms with Crippen LogP contribution in [-0.4, -0.2) is 14.9 Å². The maximum Gasteiger partial charge on any atom is 0.102 e. The molecular weight excluding hydrogens is 244 g/mol. The second kappa shape index (κ2) is 4.86. The normalized spacial score (nSPS) is 15.0. The van der Waals surface area contributed by atoms with Crippen molar-refractivity contribution in [3.8, 4) is 0 Å². The Morgan fingerprint density at radius 2 is 2.11 bits per heavy atom. The summed E-state index contributed by atoms with van der Waals surface area (Å²) in [4.78, 5) is 2.22. The van der Waals surface area contributed by atoms with Crippen LogP contribution in [0.5, 0.6) is 0 Å². The molecule has 0 amide bonds. The van der Waals surface area contributed by atoms with Gasteiger partial charge in [0.25, 0.3) is 0 Å². The second-order valence-corrected chi connectivity index (χ2v) is 6.53. The highest BCUT2D eigenvalue weighted by Crippen LogP contribution is 2.30.